The molecule has 0 bridgehead atoms. The molecule has 0 radical (unpaired) electrons. The maximum atomic E-state index is 10.7. The summed E-state index contributed by atoms with van der Waals surface area (Å²) in [5.41, 5.74) is -0.0279. The molecule has 5 nitrogen and oxygen atoms in total. The number of nitrogens with zero attached hydrogens (tertiary/aromatic N) is 2. The molecule has 1 aliphatic rings. The van der Waals surface area contributed by atoms with Gasteiger partial charge in [-0.25, -0.2) is 4.98 Å². The maximum absolute atomic E-state index is 10.7. The van der Waals surface area contributed by atoms with Gasteiger partial charge in [0.1, 0.15) is 10.2 Å². The number of ether oxygens (including phenoxy) is 1. The van der Waals surface area contributed by atoms with Gasteiger partial charge in [0, 0.05) is 18.4 Å². The molecule has 2 heterocycles. The summed E-state index contributed by atoms with van der Waals surface area (Å²) >= 11 is 7.17. The highest BCUT2D eigenvalue weighted by molar-refractivity contribution is 7.99. The number of thioether (sulfide) groups is 1. The number of aromatic nitrogens is 1. The van der Waals surface area contributed by atoms with Crippen LogP contribution in [0.5, 0.6) is 0 Å². The first-order valence-electron chi connectivity index (χ1n) is 5.21. The second kappa shape index (κ2) is 5.66. The Kier molecular flexibility index (Phi) is 4.20. The lowest BCUT2D eigenvalue weighted by molar-refractivity contribution is -0.385. The lowest BCUT2D eigenvalue weighted by atomic mass is 10.3. The number of nitro groups is 1. The van der Waals surface area contributed by atoms with Gasteiger partial charge in [-0.15, -0.1) is 11.8 Å². The summed E-state index contributed by atoms with van der Waals surface area (Å²) in [6, 6.07) is 2.68. The van der Waals surface area contributed by atoms with Gasteiger partial charge in [-0.1, -0.05) is 11.6 Å². The topological polar surface area (TPSA) is 65.3 Å². The van der Waals surface area contributed by atoms with E-state index < -0.39 is 4.92 Å². The van der Waals surface area contributed by atoms with Crippen molar-refractivity contribution in [2.24, 2.45) is 0 Å². The molecular weight excluding hydrogens is 264 g/mol. The van der Waals surface area contributed by atoms with Crippen LogP contribution in [0, 0.1) is 10.1 Å². The minimum Gasteiger partial charge on any atom is -0.377 e. The van der Waals surface area contributed by atoms with Crippen LogP contribution in [0.3, 0.4) is 0 Å². The molecule has 2 rings (SSSR count). The van der Waals surface area contributed by atoms with Gasteiger partial charge in [0.15, 0.2) is 0 Å². The fraction of sp³-hybridized carbons (Fsp3) is 0.500. The van der Waals surface area contributed by atoms with E-state index in [1.165, 1.54) is 23.9 Å². The van der Waals surface area contributed by atoms with E-state index >= 15 is 0 Å². The van der Waals surface area contributed by atoms with Crippen molar-refractivity contribution in [3.05, 3.63) is 27.4 Å². The Morgan fingerprint density at radius 2 is 2.47 bits per heavy atom. The first-order chi connectivity index (χ1) is 8.15. The Morgan fingerprint density at radius 1 is 1.65 bits per heavy atom. The van der Waals surface area contributed by atoms with Crippen LogP contribution in [0.25, 0.3) is 0 Å². The predicted octanol–water partition coefficient (Wildman–Crippen LogP) is 2.91. The van der Waals surface area contributed by atoms with E-state index in [0.29, 0.717) is 5.03 Å². The SMILES string of the molecule is O=[N+]([O-])c1cc(Cl)nc(SCC2CCCO2)c1. The molecule has 0 saturated carbocycles. The molecule has 0 aliphatic carbocycles. The van der Waals surface area contributed by atoms with Crippen molar-refractivity contribution in [3.8, 4) is 0 Å². The molecule has 0 spiro atoms. The molecule has 0 amide bonds. The van der Waals surface area contributed by atoms with E-state index in [2.05, 4.69) is 4.98 Å². The monoisotopic (exact) mass is 274 g/mol. The lowest BCUT2D eigenvalue weighted by Crippen LogP contribution is -2.07. The Morgan fingerprint density at radius 3 is 3.12 bits per heavy atom. The Bertz CT molecular complexity index is 424. The van der Waals surface area contributed by atoms with Crippen LogP contribution in [0.1, 0.15) is 12.8 Å². The molecule has 1 unspecified atom stereocenters. The van der Waals surface area contributed by atoms with E-state index in [1.807, 2.05) is 0 Å². The van der Waals surface area contributed by atoms with Gasteiger partial charge >= 0.3 is 0 Å². The third-order valence-corrected chi connectivity index (χ3v) is 3.64. The summed E-state index contributed by atoms with van der Waals surface area (Å²) in [4.78, 5) is 14.2. The zero-order valence-electron chi connectivity index (χ0n) is 8.97. The van der Waals surface area contributed by atoms with E-state index in [4.69, 9.17) is 16.3 Å². The summed E-state index contributed by atoms with van der Waals surface area (Å²) < 4.78 is 5.47. The molecule has 1 saturated heterocycles. The van der Waals surface area contributed by atoms with Crippen molar-refractivity contribution in [1.29, 1.82) is 0 Å². The Hall–Kier alpha value is -0.850. The molecule has 1 fully saturated rings. The second-order valence-electron chi connectivity index (χ2n) is 3.69. The van der Waals surface area contributed by atoms with Crippen molar-refractivity contribution in [2.45, 2.75) is 24.0 Å². The molecule has 7 heteroatoms. The zero-order valence-corrected chi connectivity index (χ0v) is 10.5. The summed E-state index contributed by atoms with van der Waals surface area (Å²) in [7, 11) is 0. The summed E-state index contributed by atoms with van der Waals surface area (Å²) in [6.07, 6.45) is 2.34. The van der Waals surface area contributed by atoms with Gasteiger partial charge in [0.05, 0.1) is 17.1 Å². The van der Waals surface area contributed by atoms with Crippen LogP contribution in [0.15, 0.2) is 17.2 Å². The highest BCUT2D eigenvalue weighted by Crippen LogP contribution is 2.27. The van der Waals surface area contributed by atoms with Crippen LogP contribution in [0.4, 0.5) is 5.69 Å². The number of hydrogen-bond donors (Lipinski definition) is 0. The zero-order chi connectivity index (χ0) is 12.3. The van der Waals surface area contributed by atoms with E-state index in [0.717, 1.165) is 25.2 Å². The molecule has 1 aliphatic heterocycles. The van der Waals surface area contributed by atoms with E-state index in [-0.39, 0.29) is 16.9 Å². The van der Waals surface area contributed by atoms with Crippen LogP contribution in [0.2, 0.25) is 5.15 Å². The van der Waals surface area contributed by atoms with Crippen LogP contribution in [-0.4, -0.2) is 28.4 Å². The molecular formula is C10H11ClN2O3S. The average molecular weight is 275 g/mol. The van der Waals surface area contributed by atoms with Gasteiger partial charge in [-0.05, 0) is 12.8 Å². The highest BCUT2D eigenvalue weighted by Gasteiger charge is 2.17. The second-order valence-corrected chi connectivity index (χ2v) is 5.12. The van der Waals surface area contributed by atoms with Crippen LogP contribution in [-0.2, 0) is 4.74 Å². The molecule has 17 heavy (non-hydrogen) atoms. The largest absolute Gasteiger partial charge is 0.377 e. The number of halogens is 1. The quantitative estimate of drug-likeness (QED) is 0.365. The first kappa shape index (κ1) is 12.6. The van der Waals surface area contributed by atoms with Gasteiger partial charge < -0.3 is 4.74 Å². The van der Waals surface area contributed by atoms with Crippen molar-refractivity contribution in [1.82, 2.24) is 4.98 Å². The smallest absolute Gasteiger partial charge is 0.275 e. The minimum atomic E-state index is -0.469. The number of pyridine rings is 1. The van der Waals surface area contributed by atoms with Crippen molar-refractivity contribution < 1.29 is 9.66 Å². The number of rotatable bonds is 4. The fourth-order valence-electron chi connectivity index (χ4n) is 1.59. The maximum Gasteiger partial charge on any atom is 0.275 e. The minimum absolute atomic E-state index is 0.0279. The van der Waals surface area contributed by atoms with Gasteiger partial charge in [-0.3, -0.25) is 10.1 Å². The first-order valence-corrected chi connectivity index (χ1v) is 6.58. The molecule has 1 aromatic heterocycles. The Labute approximate surface area is 108 Å². The van der Waals surface area contributed by atoms with Gasteiger partial charge in [0.2, 0.25) is 0 Å². The Balaban J connectivity index is 2.01. The van der Waals surface area contributed by atoms with E-state index in [9.17, 15) is 10.1 Å². The average Bonchev–Trinajstić information content (AvgIpc) is 2.78. The normalized spacial score (nSPS) is 19.5. The van der Waals surface area contributed by atoms with Crippen molar-refractivity contribution in [3.63, 3.8) is 0 Å². The summed E-state index contributed by atoms with van der Waals surface area (Å²) in [5.74, 6) is 0.754. The van der Waals surface area contributed by atoms with Crippen LogP contribution < -0.4 is 0 Å². The molecule has 1 aromatic rings. The van der Waals surface area contributed by atoms with Crippen molar-refractivity contribution >= 4 is 29.1 Å². The summed E-state index contributed by atoms with van der Waals surface area (Å²) in [6.45, 7) is 0.800. The lowest BCUT2D eigenvalue weighted by Gasteiger charge is -2.07. The highest BCUT2D eigenvalue weighted by atomic mass is 35.5. The summed E-state index contributed by atoms with van der Waals surface area (Å²) in [5, 5.41) is 11.4. The van der Waals surface area contributed by atoms with Crippen LogP contribution >= 0.6 is 23.4 Å². The van der Waals surface area contributed by atoms with Crippen molar-refractivity contribution in [2.75, 3.05) is 12.4 Å². The molecule has 0 aromatic carbocycles. The predicted molar refractivity (Wildman–Crippen MR) is 65.6 cm³/mol. The number of hydrogen-bond acceptors (Lipinski definition) is 5. The van der Waals surface area contributed by atoms with E-state index in [1.54, 1.807) is 0 Å². The molecule has 1 atom stereocenters. The third kappa shape index (κ3) is 3.55. The molecule has 92 valence electrons. The fourth-order valence-corrected chi connectivity index (χ4v) is 2.83. The molecule has 0 N–H and O–H groups in total. The van der Waals surface area contributed by atoms with Gasteiger partial charge in [0.25, 0.3) is 5.69 Å². The third-order valence-electron chi connectivity index (χ3n) is 2.41. The van der Waals surface area contributed by atoms with Gasteiger partial charge in [-0.2, -0.15) is 0 Å². The standard InChI is InChI=1S/C10H11ClN2O3S/c11-9-4-7(13(14)15)5-10(12-9)17-6-8-2-1-3-16-8/h4-5,8H,1-3,6H2.